The number of unbranched alkanes of at least 4 members (excludes halogenated alkanes) is 20. The minimum absolute atomic E-state index is 0.985. The normalized spacial score (nSPS) is 11.4. The van der Waals surface area contributed by atoms with E-state index in [2.05, 4.69) is 20.8 Å². The average Bonchev–Trinajstić information content (AvgIpc) is 2.86. The molecule has 0 spiro atoms. The lowest BCUT2D eigenvalue weighted by Gasteiger charge is -2.08. The van der Waals surface area contributed by atoms with Crippen LogP contribution in [0, 0.1) is 0 Å². The Morgan fingerprint density at radius 2 is 0.543 bits per heavy atom. The lowest BCUT2D eigenvalue weighted by Crippen LogP contribution is -2.08. The molecule has 0 unspecified atom stereocenters. The monoisotopic (exact) mass is 487 g/mol. The van der Waals surface area contributed by atoms with Crippen molar-refractivity contribution in [3.63, 3.8) is 0 Å². The third-order valence-electron chi connectivity index (χ3n) is 7.26. The van der Waals surface area contributed by atoms with Gasteiger partial charge in [-0.1, -0.05) is 149 Å². The summed E-state index contributed by atoms with van der Waals surface area (Å²) in [6.45, 7) is 6.81. The van der Waals surface area contributed by atoms with Crippen LogP contribution in [-0.4, -0.2) is 15.0 Å². The molecule has 1 heterocycles. The second kappa shape index (κ2) is 24.7. The lowest BCUT2D eigenvalue weighted by atomic mass is 10.0. The number of rotatable bonds is 26. The van der Waals surface area contributed by atoms with Crippen LogP contribution in [0.5, 0.6) is 0 Å². The second-order valence-corrected chi connectivity index (χ2v) is 10.9. The maximum absolute atomic E-state index is 4.86. The number of nitrogens with zero attached hydrogens (tertiary/aromatic N) is 3. The summed E-state index contributed by atoms with van der Waals surface area (Å²) in [5.74, 6) is 3.13. The quantitative estimate of drug-likeness (QED) is 0.122. The van der Waals surface area contributed by atoms with Crippen LogP contribution in [0.2, 0.25) is 0 Å². The van der Waals surface area contributed by atoms with Crippen molar-refractivity contribution in [2.45, 2.75) is 188 Å². The molecule has 1 aromatic rings. The van der Waals surface area contributed by atoms with E-state index in [1.54, 1.807) is 0 Å². The largest absolute Gasteiger partial charge is 0.218 e. The Labute approximate surface area is 220 Å². The first-order valence-corrected chi connectivity index (χ1v) is 16.0. The number of aryl methyl sites for hydroxylation is 3. The Morgan fingerprint density at radius 1 is 0.286 bits per heavy atom. The molecule has 0 N–H and O–H groups in total. The van der Waals surface area contributed by atoms with Crippen LogP contribution in [0.25, 0.3) is 0 Å². The standard InChI is InChI=1S/C32H61N3/c1-4-7-9-11-13-15-17-19-21-23-25-28-31-33-30(27-6-3)34-32(35-31)29-26-24-22-20-18-16-14-12-10-8-5-2/h4-29H2,1-3H3. The van der Waals surface area contributed by atoms with E-state index in [0.717, 1.165) is 43.2 Å². The highest BCUT2D eigenvalue weighted by Crippen LogP contribution is 2.14. The van der Waals surface area contributed by atoms with Crippen LogP contribution < -0.4 is 0 Å². The molecule has 0 saturated carbocycles. The summed E-state index contributed by atoms with van der Waals surface area (Å²) >= 11 is 0. The zero-order valence-corrected chi connectivity index (χ0v) is 24.2. The molecule has 1 rings (SSSR count). The Hall–Kier alpha value is -0.990. The van der Waals surface area contributed by atoms with Gasteiger partial charge in [0.05, 0.1) is 0 Å². The summed E-state index contributed by atoms with van der Waals surface area (Å²) in [6, 6.07) is 0. The molecular weight excluding hydrogens is 426 g/mol. The molecule has 0 aliphatic rings. The van der Waals surface area contributed by atoms with Crippen molar-refractivity contribution < 1.29 is 0 Å². The highest BCUT2D eigenvalue weighted by Gasteiger charge is 2.07. The van der Waals surface area contributed by atoms with Gasteiger partial charge in [0.2, 0.25) is 0 Å². The van der Waals surface area contributed by atoms with E-state index in [9.17, 15) is 0 Å². The van der Waals surface area contributed by atoms with Crippen LogP contribution >= 0.6 is 0 Å². The molecule has 0 fully saturated rings. The summed E-state index contributed by atoms with van der Waals surface area (Å²) in [7, 11) is 0. The summed E-state index contributed by atoms with van der Waals surface area (Å²) < 4.78 is 0. The first kappa shape index (κ1) is 32.0. The van der Waals surface area contributed by atoms with Crippen molar-refractivity contribution in [1.29, 1.82) is 0 Å². The van der Waals surface area contributed by atoms with Gasteiger partial charge in [-0.05, 0) is 19.3 Å². The zero-order valence-electron chi connectivity index (χ0n) is 24.2. The number of hydrogen-bond donors (Lipinski definition) is 0. The first-order chi connectivity index (χ1) is 17.3. The van der Waals surface area contributed by atoms with Crippen molar-refractivity contribution in [2.24, 2.45) is 0 Å². The van der Waals surface area contributed by atoms with E-state index in [4.69, 9.17) is 15.0 Å². The molecule has 0 aliphatic carbocycles. The molecule has 0 bridgehead atoms. The fourth-order valence-corrected chi connectivity index (χ4v) is 4.98. The molecule has 1 aromatic heterocycles. The Morgan fingerprint density at radius 3 is 0.829 bits per heavy atom. The van der Waals surface area contributed by atoms with Crippen molar-refractivity contribution in [3.05, 3.63) is 17.5 Å². The maximum Gasteiger partial charge on any atom is 0.132 e. The van der Waals surface area contributed by atoms with E-state index in [1.807, 2.05) is 0 Å². The molecule has 35 heavy (non-hydrogen) atoms. The Balaban J connectivity index is 2.16. The third-order valence-corrected chi connectivity index (χ3v) is 7.26. The highest BCUT2D eigenvalue weighted by atomic mass is 15.0. The highest BCUT2D eigenvalue weighted by molar-refractivity contribution is 4.98. The third kappa shape index (κ3) is 19.8. The summed E-state index contributed by atoms with van der Waals surface area (Å²) in [5, 5.41) is 0. The number of aromatic nitrogens is 3. The van der Waals surface area contributed by atoms with Gasteiger partial charge in [-0.2, -0.15) is 0 Å². The molecule has 0 saturated heterocycles. The van der Waals surface area contributed by atoms with Gasteiger partial charge in [0.15, 0.2) is 0 Å². The smallest absolute Gasteiger partial charge is 0.132 e. The van der Waals surface area contributed by atoms with E-state index >= 15 is 0 Å². The molecular formula is C32H61N3. The lowest BCUT2D eigenvalue weighted by molar-refractivity contribution is 0.543. The van der Waals surface area contributed by atoms with Gasteiger partial charge in [-0.15, -0.1) is 0 Å². The molecule has 3 nitrogen and oxygen atoms in total. The minimum Gasteiger partial charge on any atom is -0.218 e. The molecule has 0 atom stereocenters. The predicted molar refractivity (Wildman–Crippen MR) is 154 cm³/mol. The fourth-order valence-electron chi connectivity index (χ4n) is 4.98. The first-order valence-electron chi connectivity index (χ1n) is 16.0. The van der Waals surface area contributed by atoms with E-state index in [1.165, 1.54) is 141 Å². The van der Waals surface area contributed by atoms with Crippen molar-refractivity contribution in [3.8, 4) is 0 Å². The molecule has 0 aliphatic heterocycles. The maximum atomic E-state index is 4.86. The van der Waals surface area contributed by atoms with Gasteiger partial charge in [0, 0.05) is 19.3 Å². The van der Waals surface area contributed by atoms with Gasteiger partial charge in [-0.3, -0.25) is 0 Å². The number of hydrogen-bond acceptors (Lipinski definition) is 3. The van der Waals surface area contributed by atoms with Gasteiger partial charge >= 0.3 is 0 Å². The van der Waals surface area contributed by atoms with Crippen LogP contribution in [0.15, 0.2) is 0 Å². The summed E-state index contributed by atoms with van der Waals surface area (Å²) in [4.78, 5) is 14.4. The Kier molecular flexibility index (Phi) is 22.6. The van der Waals surface area contributed by atoms with Crippen LogP contribution in [0.3, 0.4) is 0 Å². The van der Waals surface area contributed by atoms with Gasteiger partial charge in [0.1, 0.15) is 17.5 Å². The summed E-state index contributed by atoms with van der Waals surface area (Å²) in [6.07, 6.45) is 34.6. The fraction of sp³-hybridized carbons (Fsp3) is 0.906. The van der Waals surface area contributed by atoms with Crippen molar-refractivity contribution >= 4 is 0 Å². The molecule has 0 aromatic carbocycles. The van der Waals surface area contributed by atoms with Crippen LogP contribution in [-0.2, 0) is 19.3 Å². The van der Waals surface area contributed by atoms with Crippen LogP contribution in [0.1, 0.15) is 186 Å². The average molecular weight is 488 g/mol. The predicted octanol–water partition coefficient (Wildman–Crippen LogP) is 10.5. The second-order valence-electron chi connectivity index (χ2n) is 10.9. The van der Waals surface area contributed by atoms with E-state index < -0.39 is 0 Å². The zero-order chi connectivity index (χ0) is 25.2. The minimum atomic E-state index is 0.985. The summed E-state index contributed by atoms with van der Waals surface area (Å²) in [5.41, 5.74) is 0. The Bertz CT molecular complexity index is 528. The van der Waals surface area contributed by atoms with E-state index in [-0.39, 0.29) is 0 Å². The van der Waals surface area contributed by atoms with Crippen LogP contribution in [0.4, 0.5) is 0 Å². The molecule has 3 heteroatoms. The van der Waals surface area contributed by atoms with Crippen molar-refractivity contribution in [2.75, 3.05) is 0 Å². The molecule has 0 radical (unpaired) electrons. The van der Waals surface area contributed by atoms with Crippen molar-refractivity contribution in [1.82, 2.24) is 15.0 Å². The topological polar surface area (TPSA) is 38.7 Å². The van der Waals surface area contributed by atoms with Gasteiger partial charge in [0.25, 0.3) is 0 Å². The molecule has 0 amide bonds. The van der Waals surface area contributed by atoms with Gasteiger partial charge < -0.3 is 0 Å². The molecule has 204 valence electrons. The van der Waals surface area contributed by atoms with E-state index in [0.29, 0.717) is 0 Å². The van der Waals surface area contributed by atoms with Gasteiger partial charge in [-0.25, -0.2) is 15.0 Å². The SMILES string of the molecule is CCCCCCCCCCCCCc1nc(CCC)nc(CCCCCCCCCCCCC)n1.